The third kappa shape index (κ3) is 2.98. The second-order valence-electron chi connectivity index (χ2n) is 7.86. The van der Waals surface area contributed by atoms with Crippen LogP contribution in [0.4, 0.5) is 0 Å². The number of rotatable bonds is 3. The van der Waals surface area contributed by atoms with Crippen molar-refractivity contribution in [3.8, 4) is 0 Å². The summed E-state index contributed by atoms with van der Waals surface area (Å²) in [5.41, 5.74) is 5.58. The van der Waals surface area contributed by atoms with E-state index in [4.69, 9.17) is 9.47 Å². The molecule has 0 fully saturated rings. The second kappa shape index (κ2) is 7.16. The highest BCUT2D eigenvalue weighted by Crippen LogP contribution is 2.46. The summed E-state index contributed by atoms with van der Waals surface area (Å²) >= 11 is 3.68. The molecule has 8 heteroatoms. The molecule has 0 saturated carbocycles. The maximum Gasteiger partial charge on any atom is 0.126 e. The van der Waals surface area contributed by atoms with E-state index < -0.39 is 0 Å². The smallest absolute Gasteiger partial charge is 0.126 e. The van der Waals surface area contributed by atoms with Gasteiger partial charge in [-0.3, -0.25) is 0 Å². The number of imidazole rings is 2. The highest BCUT2D eigenvalue weighted by molar-refractivity contribution is 7.12. The Morgan fingerprint density at radius 2 is 2.07 bits per heavy atom. The maximum atomic E-state index is 6.67. The molecule has 0 aromatic carbocycles. The van der Waals surface area contributed by atoms with Crippen LogP contribution in [0.25, 0.3) is 0 Å². The lowest BCUT2D eigenvalue weighted by atomic mass is 9.98. The number of aromatic amines is 2. The van der Waals surface area contributed by atoms with Gasteiger partial charge in [0.25, 0.3) is 0 Å². The van der Waals surface area contributed by atoms with Gasteiger partial charge in [-0.1, -0.05) is 0 Å². The minimum atomic E-state index is -0.104. The quantitative estimate of drug-likeness (QED) is 0.475. The van der Waals surface area contributed by atoms with E-state index in [1.807, 2.05) is 42.7 Å². The first-order chi connectivity index (χ1) is 14.7. The van der Waals surface area contributed by atoms with Crippen molar-refractivity contribution in [2.75, 3.05) is 6.61 Å². The summed E-state index contributed by atoms with van der Waals surface area (Å²) < 4.78 is 12.8. The van der Waals surface area contributed by atoms with Gasteiger partial charge in [-0.15, -0.1) is 22.7 Å². The van der Waals surface area contributed by atoms with E-state index in [9.17, 15) is 0 Å². The van der Waals surface area contributed by atoms with Crippen molar-refractivity contribution < 1.29 is 9.47 Å². The van der Waals surface area contributed by atoms with E-state index in [2.05, 4.69) is 37.4 Å². The van der Waals surface area contributed by atoms with E-state index in [0.717, 1.165) is 42.4 Å². The van der Waals surface area contributed by atoms with Gasteiger partial charge in [0.05, 0.1) is 42.3 Å². The van der Waals surface area contributed by atoms with Crippen molar-refractivity contribution in [3.63, 3.8) is 0 Å². The molecule has 2 N–H and O–H groups in total. The van der Waals surface area contributed by atoms with Crippen LogP contribution >= 0.6 is 22.7 Å². The molecule has 0 bridgehead atoms. The minimum absolute atomic E-state index is 0.0314. The molecule has 6 rings (SSSR count). The van der Waals surface area contributed by atoms with Crippen molar-refractivity contribution in [2.45, 2.75) is 45.0 Å². The third-order valence-corrected chi connectivity index (χ3v) is 8.20. The van der Waals surface area contributed by atoms with Gasteiger partial charge in [-0.25, -0.2) is 9.97 Å². The number of H-pyrrole nitrogens is 2. The molecule has 6 nitrogen and oxygen atoms in total. The summed E-state index contributed by atoms with van der Waals surface area (Å²) in [4.78, 5) is 19.5. The zero-order chi connectivity index (χ0) is 20.2. The summed E-state index contributed by atoms with van der Waals surface area (Å²) in [6.07, 6.45) is 5.35. The molecule has 3 unspecified atom stereocenters. The number of aromatic nitrogens is 4. The van der Waals surface area contributed by atoms with Crippen molar-refractivity contribution in [2.24, 2.45) is 0 Å². The molecular formula is C22H22N4O2S2. The van der Waals surface area contributed by atoms with Crippen molar-refractivity contribution in [3.05, 3.63) is 78.7 Å². The average Bonchev–Trinajstić information content (AvgIpc) is 3.53. The normalized spacial score (nSPS) is 23.3. The number of aryl methyl sites for hydroxylation is 2. The van der Waals surface area contributed by atoms with Gasteiger partial charge in [0, 0.05) is 38.6 Å². The highest BCUT2D eigenvalue weighted by Gasteiger charge is 2.35. The fourth-order valence-corrected chi connectivity index (χ4v) is 6.61. The number of hydrogen-bond donors (Lipinski definition) is 2. The van der Waals surface area contributed by atoms with Crippen molar-refractivity contribution in [1.82, 2.24) is 19.9 Å². The molecule has 4 aromatic rings. The Morgan fingerprint density at radius 1 is 1.13 bits per heavy atom. The maximum absolute atomic E-state index is 6.67. The Kier molecular flexibility index (Phi) is 4.42. The van der Waals surface area contributed by atoms with E-state index in [1.54, 1.807) is 6.33 Å². The van der Waals surface area contributed by atoms with Crippen molar-refractivity contribution in [1.29, 1.82) is 0 Å². The Bertz CT molecular complexity index is 1200. The van der Waals surface area contributed by atoms with Gasteiger partial charge in [-0.2, -0.15) is 0 Å². The van der Waals surface area contributed by atoms with Crippen LogP contribution < -0.4 is 0 Å². The first-order valence-corrected chi connectivity index (χ1v) is 11.8. The van der Waals surface area contributed by atoms with Gasteiger partial charge >= 0.3 is 0 Å². The molecule has 6 heterocycles. The second-order valence-corrected chi connectivity index (χ2v) is 10.0. The highest BCUT2D eigenvalue weighted by atomic mass is 32.1. The van der Waals surface area contributed by atoms with Crippen LogP contribution in [0, 0.1) is 13.8 Å². The van der Waals surface area contributed by atoms with Gasteiger partial charge in [0.15, 0.2) is 0 Å². The molecule has 0 amide bonds. The predicted molar refractivity (Wildman–Crippen MR) is 116 cm³/mol. The molecule has 3 atom stereocenters. The monoisotopic (exact) mass is 438 g/mol. The number of nitrogens with zero attached hydrogens (tertiary/aromatic N) is 2. The average molecular weight is 439 g/mol. The number of ether oxygens (including phenoxy) is 2. The van der Waals surface area contributed by atoms with Gasteiger partial charge in [0.1, 0.15) is 18.0 Å². The van der Waals surface area contributed by atoms with Crippen LogP contribution in [0.2, 0.25) is 0 Å². The molecule has 154 valence electrons. The van der Waals surface area contributed by atoms with E-state index in [-0.39, 0.29) is 18.3 Å². The minimum Gasteiger partial charge on any atom is -0.367 e. The van der Waals surface area contributed by atoms with Gasteiger partial charge in [0.2, 0.25) is 0 Å². The Hall–Kier alpha value is -2.26. The van der Waals surface area contributed by atoms with E-state index in [1.165, 1.54) is 25.8 Å². The SMILES string of the molecule is Cc1ncc(C2OC(c3cc4c(s3)CCOC4c3[nH]cnc3C)Cc3sccc32)[nH]1. The van der Waals surface area contributed by atoms with Crippen LogP contribution in [-0.4, -0.2) is 26.5 Å². The molecular weight excluding hydrogens is 416 g/mol. The van der Waals surface area contributed by atoms with Crippen LogP contribution in [0.5, 0.6) is 0 Å². The molecule has 0 radical (unpaired) electrons. The predicted octanol–water partition coefficient (Wildman–Crippen LogP) is 4.94. The summed E-state index contributed by atoms with van der Waals surface area (Å²) in [6.45, 7) is 4.73. The van der Waals surface area contributed by atoms with E-state index in [0.29, 0.717) is 0 Å². The number of nitrogens with one attached hydrogen (secondary N) is 2. The molecule has 0 spiro atoms. The molecule has 30 heavy (non-hydrogen) atoms. The summed E-state index contributed by atoms with van der Waals surface area (Å²) in [6, 6.07) is 4.48. The Morgan fingerprint density at radius 3 is 2.87 bits per heavy atom. The first kappa shape index (κ1) is 18.5. The molecule has 0 saturated heterocycles. The Labute approximate surface area is 182 Å². The molecule has 2 aliphatic rings. The zero-order valence-corrected chi connectivity index (χ0v) is 18.4. The Balaban J connectivity index is 1.36. The standard InChI is InChI=1S/C22H22N4O2S2/c1-11-20(25-10-24-11)22-14-7-19(30-17(14)3-5-27-22)16-8-18-13(4-6-29-18)21(28-16)15-9-23-12(2)26-15/h4,6-7,9-10,16,21-22H,3,5,8H2,1-2H3,(H,23,26)(H,24,25). The summed E-state index contributed by atoms with van der Waals surface area (Å²) in [5, 5.41) is 2.16. The fourth-order valence-electron chi connectivity index (χ4n) is 4.46. The summed E-state index contributed by atoms with van der Waals surface area (Å²) in [5.74, 6) is 0.911. The van der Waals surface area contributed by atoms with Crippen LogP contribution in [0.1, 0.15) is 67.0 Å². The fraction of sp³-hybridized carbons (Fsp3) is 0.364. The lowest BCUT2D eigenvalue weighted by Gasteiger charge is -2.29. The molecule has 0 aliphatic carbocycles. The van der Waals surface area contributed by atoms with Crippen molar-refractivity contribution >= 4 is 22.7 Å². The van der Waals surface area contributed by atoms with E-state index >= 15 is 0 Å². The lowest BCUT2D eigenvalue weighted by Crippen LogP contribution is -2.19. The first-order valence-electron chi connectivity index (χ1n) is 10.1. The number of fused-ring (bicyclic) bond motifs is 2. The van der Waals surface area contributed by atoms with Gasteiger partial charge in [-0.05, 0) is 31.4 Å². The largest absolute Gasteiger partial charge is 0.367 e. The zero-order valence-electron chi connectivity index (χ0n) is 16.8. The molecule has 2 aliphatic heterocycles. The van der Waals surface area contributed by atoms with Gasteiger partial charge < -0.3 is 19.4 Å². The number of hydrogen-bond acceptors (Lipinski definition) is 6. The lowest BCUT2D eigenvalue weighted by molar-refractivity contribution is -0.00418. The van der Waals surface area contributed by atoms with Crippen LogP contribution in [-0.2, 0) is 22.3 Å². The number of thiophene rings is 2. The molecule has 4 aromatic heterocycles. The van der Waals surface area contributed by atoms with Crippen LogP contribution in [0.3, 0.4) is 0 Å². The third-order valence-electron chi connectivity index (χ3n) is 5.94. The topological polar surface area (TPSA) is 75.8 Å². The summed E-state index contributed by atoms with van der Waals surface area (Å²) in [7, 11) is 0. The van der Waals surface area contributed by atoms with Crippen LogP contribution in [0.15, 0.2) is 30.0 Å².